The number of sulfonamides is 1. The number of methoxy groups -OCH3 is 2. The number of carbonyl (C=O) groups is 1. The summed E-state index contributed by atoms with van der Waals surface area (Å²) >= 11 is 0. The molecule has 0 aromatic heterocycles. The molecule has 0 heterocycles. The quantitative estimate of drug-likeness (QED) is 0.510. The van der Waals surface area contributed by atoms with Crippen molar-refractivity contribution in [1.82, 2.24) is 0 Å². The molecule has 0 unspecified atom stereocenters. The minimum Gasteiger partial charge on any atom is -0.497 e. The first-order chi connectivity index (χ1) is 13.6. The van der Waals surface area contributed by atoms with Gasteiger partial charge in [-0.15, -0.1) is 0 Å². The van der Waals surface area contributed by atoms with Crippen molar-refractivity contribution in [3.63, 3.8) is 0 Å². The van der Waals surface area contributed by atoms with Gasteiger partial charge in [0.1, 0.15) is 17.5 Å². The molecular weight excluding hydrogens is 402 g/mol. The summed E-state index contributed by atoms with van der Waals surface area (Å²) in [4.78, 5) is 23.2. The van der Waals surface area contributed by atoms with Crippen LogP contribution in [-0.4, -0.2) is 45.8 Å². The van der Waals surface area contributed by atoms with Gasteiger partial charge in [0.15, 0.2) is 0 Å². The summed E-state index contributed by atoms with van der Waals surface area (Å²) in [7, 11) is -1.05. The van der Waals surface area contributed by atoms with Crippen molar-refractivity contribution in [2.45, 2.75) is 13.0 Å². The average Bonchev–Trinajstić information content (AvgIpc) is 2.67. The normalized spacial score (nSPS) is 12.0. The molecule has 2 aromatic carbocycles. The average molecular weight is 423 g/mol. The topological polar surface area (TPSA) is 128 Å². The highest BCUT2D eigenvalue weighted by atomic mass is 32.2. The highest BCUT2D eigenvalue weighted by Gasteiger charge is 2.30. The number of carbonyl (C=O) groups excluding carboxylic acids is 1. The van der Waals surface area contributed by atoms with Gasteiger partial charge in [-0.2, -0.15) is 0 Å². The van der Waals surface area contributed by atoms with Crippen LogP contribution in [0.25, 0.3) is 0 Å². The number of hydrogen-bond donors (Lipinski definition) is 1. The smallest absolute Gasteiger partial charge is 0.271 e. The van der Waals surface area contributed by atoms with E-state index in [0.29, 0.717) is 11.5 Å². The van der Waals surface area contributed by atoms with Gasteiger partial charge in [0, 0.05) is 18.2 Å². The summed E-state index contributed by atoms with van der Waals surface area (Å²) in [6.45, 7) is 1.38. The minimum atomic E-state index is -3.93. The molecule has 1 atom stereocenters. The molecule has 29 heavy (non-hydrogen) atoms. The van der Waals surface area contributed by atoms with Crippen LogP contribution in [0, 0.1) is 10.1 Å². The highest BCUT2D eigenvalue weighted by Crippen LogP contribution is 2.30. The first-order valence-corrected chi connectivity index (χ1v) is 10.2. The number of anilines is 2. The van der Waals surface area contributed by atoms with E-state index < -0.39 is 26.9 Å². The third-order valence-corrected chi connectivity index (χ3v) is 5.29. The van der Waals surface area contributed by atoms with Crippen molar-refractivity contribution in [1.29, 1.82) is 0 Å². The number of nitro benzene ring substituents is 1. The standard InChI is InChI=1S/C18H21N3O7S/c1-12(18(22)19-16-11-15(27-2)8-9-17(16)28-3)20(29(4,25)26)13-6-5-7-14(10-13)21(23)24/h5-12H,1-4H3,(H,19,22)/t12-/m0/s1. The van der Waals surface area contributed by atoms with Gasteiger partial charge in [-0.3, -0.25) is 19.2 Å². The summed E-state index contributed by atoms with van der Waals surface area (Å²) in [5.41, 5.74) is -0.00336. The maximum atomic E-state index is 12.8. The fourth-order valence-corrected chi connectivity index (χ4v) is 3.87. The number of hydrogen-bond acceptors (Lipinski definition) is 7. The zero-order valence-corrected chi connectivity index (χ0v) is 17.1. The largest absolute Gasteiger partial charge is 0.497 e. The van der Waals surface area contributed by atoms with Crippen molar-refractivity contribution >= 4 is 33.0 Å². The SMILES string of the molecule is COc1ccc(OC)c(NC(=O)[C@H](C)N(c2cccc([N+](=O)[O-])c2)S(C)(=O)=O)c1. The molecule has 0 saturated heterocycles. The first kappa shape index (κ1) is 22.0. The maximum absolute atomic E-state index is 12.8. The van der Waals surface area contributed by atoms with E-state index in [1.54, 1.807) is 12.1 Å². The van der Waals surface area contributed by atoms with E-state index in [-0.39, 0.29) is 17.1 Å². The van der Waals surface area contributed by atoms with Crippen LogP contribution < -0.4 is 19.1 Å². The number of nitrogens with one attached hydrogen (secondary N) is 1. The molecule has 0 aliphatic rings. The third kappa shape index (κ3) is 5.13. The van der Waals surface area contributed by atoms with Crippen LogP contribution in [0.1, 0.15) is 6.92 Å². The molecule has 0 radical (unpaired) electrons. The van der Waals surface area contributed by atoms with Gasteiger partial charge in [0.05, 0.1) is 36.8 Å². The minimum absolute atomic E-state index is 0.00181. The van der Waals surface area contributed by atoms with E-state index in [0.717, 1.165) is 16.6 Å². The molecule has 156 valence electrons. The third-order valence-electron chi connectivity index (χ3n) is 4.05. The zero-order valence-electron chi connectivity index (χ0n) is 16.3. The predicted molar refractivity (Wildman–Crippen MR) is 108 cm³/mol. The molecule has 0 fully saturated rings. The number of nitro groups is 1. The maximum Gasteiger partial charge on any atom is 0.271 e. The Morgan fingerprint density at radius 1 is 1.17 bits per heavy atom. The Morgan fingerprint density at radius 2 is 1.86 bits per heavy atom. The Hall–Kier alpha value is -3.34. The number of benzene rings is 2. The van der Waals surface area contributed by atoms with Crippen LogP contribution >= 0.6 is 0 Å². The lowest BCUT2D eigenvalue weighted by Gasteiger charge is -2.28. The summed E-state index contributed by atoms with van der Waals surface area (Å²) in [6, 6.07) is 8.61. The van der Waals surface area contributed by atoms with Gasteiger partial charge in [-0.25, -0.2) is 8.42 Å². The molecule has 1 N–H and O–H groups in total. The molecule has 0 spiro atoms. The van der Waals surface area contributed by atoms with E-state index in [1.807, 2.05) is 0 Å². The molecule has 0 aliphatic carbocycles. The lowest BCUT2D eigenvalue weighted by Crippen LogP contribution is -2.45. The van der Waals surface area contributed by atoms with Gasteiger partial charge in [0.25, 0.3) is 5.69 Å². The number of non-ortho nitro benzene ring substituents is 1. The van der Waals surface area contributed by atoms with E-state index in [1.165, 1.54) is 45.4 Å². The lowest BCUT2D eigenvalue weighted by molar-refractivity contribution is -0.384. The molecular formula is C18H21N3O7S. The van der Waals surface area contributed by atoms with Crippen molar-refractivity contribution in [2.24, 2.45) is 0 Å². The van der Waals surface area contributed by atoms with Crippen molar-refractivity contribution in [3.8, 4) is 11.5 Å². The molecule has 2 aromatic rings. The highest BCUT2D eigenvalue weighted by molar-refractivity contribution is 7.92. The van der Waals surface area contributed by atoms with Gasteiger partial charge in [0.2, 0.25) is 15.9 Å². The van der Waals surface area contributed by atoms with Crippen molar-refractivity contribution in [2.75, 3.05) is 30.1 Å². The van der Waals surface area contributed by atoms with Gasteiger partial charge in [-0.1, -0.05) is 6.07 Å². The Balaban J connectivity index is 2.40. The van der Waals surface area contributed by atoms with Crippen LogP contribution in [0.2, 0.25) is 0 Å². The number of nitrogens with zero attached hydrogens (tertiary/aromatic N) is 2. The summed E-state index contributed by atoms with van der Waals surface area (Å²) < 4.78 is 35.9. The molecule has 11 heteroatoms. The Labute approximate surface area is 168 Å². The van der Waals surface area contributed by atoms with Crippen LogP contribution in [0.15, 0.2) is 42.5 Å². The molecule has 10 nitrogen and oxygen atoms in total. The summed E-state index contributed by atoms with van der Waals surface area (Å²) in [6.07, 6.45) is 0.918. The summed E-state index contributed by atoms with van der Waals surface area (Å²) in [5.74, 6) is 0.161. The van der Waals surface area contributed by atoms with E-state index in [9.17, 15) is 23.3 Å². The Kier molecular flexibility index (Phi) is 6.64. The van der Waals surface area contributed by atoms with Crippen LogP contribution in [0.4, 0.5) is 17.1 Å². The Morgan fingerprint density at radius 3 is 2.41 bits per heavy atom. The predicted octanol–water partition coefficient (Wildman–Crippen LogP) is 2.41. The van der Waals surface area contributed by atoms with E-state index in [2.05, 4.69) is 5.32 Å². The second-order valence-corrected chi connectivity index (χ2v) is 7.93. The molecule has 0 saturated carbocycles. The molecule has 0 bridgehead atoms. The van der Waals surface area contributed by atoms with E-state index >= 15 is 0 Å². The van der Waals surface area contributed by atoms with Crippen LogP contribution in [0.3, 0.4) is 0 Å². The van der Waals surface area contributed by atoms with Crippen LogP contribution in [0.5, 0.6) is 11.5 Å². The van der Waals surface area contributed by atoms with Gasteiger partial charge in [-0.05, 0) is 25.1 Å². The molecule has 0 aliphatic heterocycles. The van der Waals surface area contributed by atoms with E-state index in [4.69, 9.17) is 9.47 Å². The fourth-order valence-electron chi connectivity index (χ4n) is 2.70. The second-order valence-electron chi connectivity index (χ2n) is 6.07. The van der Waals surface area contributed by atoms with Crippen molar-refractivity contribution < 1.29 is 27.6 Å². The second kappa shape index (κ2) is 8.78. The fraction of sp³-hybridized carbons (Fsp3) is 0.278. The van der Waals surface area contributed by atoms with Gasteiger partial charge >= 0.3 is 0 Å². The van der Waals surface area contributed by atoms with Gasteiger partial charge < -0.3 is 14.8 Å². The Bertz CT molecular complexity index is 1020. The number of rotatable bonds is 8. The lowest BCUT2D eigenvalue weighted by atomic mass is 10.2. The summed E-state index contributed by atoms with van der Waals surface area (Å²) in [5, 5.41) is 13.6. The molecule has 1 amide bonds. The zero-order chi connectivity index (χ0) is 21.8. The van der Waals surface area contributed by atoms with Crippen molar-refractivity contribution in [3.05, 3.63) is 52.6 Å². The monoisotopic (exact) mass is 423 g/mol. The molecule has 2 rings (SSSR count). The number of ether oxygens (including phenoxy) is 2. The number of amides is 1. The van der Waals surface area contributed by atoms with Crippen LogP contribution in [-0.2, 0) is 14.8 Å². The first-order valence-electron chi connectivity index (χ1n) is 8.35.